The third kappa shape index (κ3) is 4.43. The van der Waals surface area contributed by atoms with Crippen molar-refractivity contribution in [3.8, 4) is 0 Å². The Kier molecular flexibility index (Phi) is 5.14. The maximum atomic E-state index is 12.7. The molecule has 0 saturated carbocycles. The SMILES string of the molecule is Cc1cc(C(C)c2ccc(NS(C)(=O)=O)cc2)[nH]c1C(=O)c1cccnc1. The lowest BCUT2D eigenvalue weighted by molar-refractivity contribution is 0.103. The van der Waals surface area contributed by atoms with E-state index in [9.17, 15) is 13.2 Å². The van der Waals surface area contributed by atoms with Crippen LogP contribution in [0.1, 0.15) is 45.7 Å². The number of aromatic nitrogens is 2. The van der Waals surface area contributed by atoms with Crippen molar-refractivity contribution in [2.75, 3.05) is 11.0 Å². The molecule has 2 N–H and O–H groups in total. The van der Waals surface area contributed by atoms with Gasteiger partial charge < -0.3 is 4.98 Å². The van der Waals surface area contributed by atoms with E-state index in [2.05, 4.69) is 14.7 Å². The normalized spacial score (nSPS) is 12.6. The number of H-pyrrole nitrogens is 1. The van der Waals surface area contributed by atoms with Gasteiger partial charge in [-0.25, -0.2) is 8.42 Å². The number of nitrogens with zero attached hydrogens (tertiary/aromatic N) is 1. The Morgan fingerprint density at radius 3 is 2.48 bits per heavy atom. The van der Waals surface area contributed by atoms with Crippen molar-refractivity contribution >= 4 is 21.5 Å². The summed E-state index contributed by atoms with van der Waals surface area (Å²) in [6, 6.07) is 12.6. The molecule has 3 rings (SSSR count). The first-order valence-corrected chi connectivity index (χ1v) is 10.4. The molecule has 0 aliphatic carbocycles. The lowest BCUT2D eigenvalue weighted by Crippen LogP contribution is -2.09. The van der Waals surface area contributed by atoms with E-state index in [1.807, 2.05) is 32.0 Å². The van der Waals surface area contributed by atoms with Crippen LogP contribution in [0.5, 0.6) is 0 Å². The molecule has 27 heavy (non-hydrogen) atoms. The standard InChI is InChI=1S/C20H21N3O3S/c1-13-11-18(22-19(13)20(24)16-5-4-10-21-12-16)14(2)15-6-8-17(9-7-15)23-27(3,25)26/h4-12,14,22-23H,1-3H3. The maximum Gasteiger partial charge on any atom is 0.229 e. The van der Waals surface area contributed by atoms with Crippen molar-refractivity contribution in [1.82, 2.24) is 9.97 Å². The van der Waals surface area contributed by atoms with Gasteiger partial charge in [0.05, 0.1) is 11.9 Å². The molecule has 0 aliphatic rings. The Balaban J connectivity index is 1.84. The van der Waals surface area contributed by atoms with Gasteiger partial charge in [-0.2, -0.15) is 0 Å². The molecule has 2 aromatic heterocycles. The van der Waals surface area contributed by atoms with Gasteiger partial charge in [0.1, 0.15) is 0 Å². The van der Waals surface area contributed by atoms with Gasteiger partial charge in [-0.05, 0) is 48.4 Å². The first-order chi connectivity index (χ1) is 12.7. The highest BCUT2D eigenvalue weighted by Crippen LogP contribution is 2.27. The average Bonchev–Trinajstić information content (AvgIpc) is 3.02. The molecule has 0 amide bonds. The number of hydrogen-bond donors (Lipinski definition) is 2. The Morgan fingerprint density at radius 1 is 1.19 bits per heavy atom. The van der Waals surface area contributed by atoms with Crippen LogP contribution in [0.2, 0.25) is 0 Å². The average molecular weight is 383 g/mol. The van der Waals surface area contributed by atoms with Crippen LogP contribution in [0.15, 0.2) is 54.9 Å². The topological polar surface area (TPSA) is 91.9 Å². The molecule has 0 spiro atoms. The number of carbonyl (C=O) groups excluding carboxylic acids is 1. The number of ketones is 1. The molecule has 0 aliphatic heterocycles. The summed E-state index contributed by atoms with van der Waals surface area (Å²) < 4.78 is 25.1. The molecule has 6 nitrogen and oxygen atoms in total. The Morgan fingerprint density at radius 2 is 1.89 bits per heavy atom. The Hall–Kier alpha value is -2.93. The first kappa shape index (κ1) is 18.8. The molecule has 140 valence electrons. The monoisotopic (exact) mass is 383 g/mol. The van der Waals surface area contributed by atoms with Gasteiger partial charge in [0.2, 0.25) is 15.8 Å². The fourth-order valence-corrected chi connectivity index (χ4v) is 3.49. The predicted molar refractivity (Wildman–Crippen MR) is 106 cm³/mol. The van der Waals surface area contributed by atoms with E-state index < -0.39 is 10.0 Å². The van der Waals surface area contributed by atoms with Gasteiger partial charge in [0.25, 0.3) is 0 Å². The van der Waals surface area contributed by atoms with E-state index in [0.29, 0.717) is 16.9 Å². The number of benzene rings is 1. The van der Waals surface area contributed by atoms with Crippen molar-refractivity contribution in [3.63, 3.8) is 0 Å². The summed E-state index contributed by atoms with van der Waals surface area (Å²) in [7, 11) is -3.30. The molecule has 0 fully saturated rings. The number of aryl methyl sites for hydroxylation is 1. The minimum absolute atomic E-state index is 0.0198. The zero-order valence-corrected chi connectivity index (χ0v) is 16.2. The second kappa shape index (κ2) is 7.36. The fourth-order valence-electron chi connectivity index (χ4n) is 2.93. The highest BCUT2D eigenvalue weighted by Gasteiger charge is 2.18. The van der Waals surface area contributed by atoms with Crippen LogP contribution in [0.3, 0.4) is 0 Å². The second-order valence-corrected chi connectivity index (χ2v) is 8.32. The molecule has 0 saturated heterocycles. The number of carbonyl (C=O) groups is 1. The van der Waals surface area contributed by atoms with Gasteiger partial charge in [0.15, 0.2) is 0 Å². The predicted octanol–water partition coefficient (Wildman–Crippen LogP) is 3.47. The summed E-state index contributed by atoms with van der Waals surface area (Å²) >= 11 is 0. The zero-order chi connectivity index (χ0) is 19.6. The van der Waals surface area contributed by atoms with Gasteiger partial charge in [-0.1, -0.05) is 19.1 Å². The Labute approximate surface area is 158 Å². The second-order valence-electron chi connectivity index (χ2n) is 6.57. The van der Waals surface area contributed by atoms with Crippen LogP contribution >= 0.6 is 0 Å². The number of aromatic amines is 1. The molecular weight excluding hydrogens is 362 g/mol. The zero-order valence-electron chi connectivity index (χ0n) is 15.4. The van der Waals surface area contributed by atoms with Crippen molar-refractivity contribution < 1.29 is 13.2 Å². The molecule has 1 atom stereocenters. The van der Waals surface area contributed by atoms with Gasteiger partial charge in [-0.3, -0.25) is 14.5 Å². The quantitative estimate of drug-likeness (QED) is 0.638. The molecule has 0 bridgehead atoms. The molecule has 1 unspecified atom stereocenters. The number of rotatable bonds is 6. The third-order valence-corrected chi connectivity index (χ3v) is 4.97. The number of hydrogen-bond acceptors (Lipinski definition) is 4. The summed E-state index contributed by atoms with van der Waals surface area (Å²) in [5.74, 6) is -0.0711. The van der Waals surface area contributed by atoms with Crippen molar-refractivity contribution in [2.45, 2.75) is 19.8 Å². The van der Waals surface area contributed by atoms with E-state index in [-0.39, 0.29) is 11.7 Å². The minimum Gasteiger partial charge on any atom is -0.355 e. The van der Waals surface area contributed by atoms with Crippen molar-refractivity contribution in [3.05, 3.63) is 82.9 Å². The van der Waals surface area contributed by atoms with E-state index in [0.717, 1.165) is 23.1 Å². The highest BCUT2D eigenvalue weighted by molar-refractivity contribution is 7.92. The van der Waals surface area contributed by atoms with Crippen molar-refractivity contribution in [2.24, 2.45) is 0 Å². The largest absolute Gasteiger partial charge is 0.355 e. The minimum atomic E-state index is -3.30. The Bertz CT molecular complexity index is 1060. The van der Waals surface area contributed by atoms with Crippen LogP contribution in [-0.2, 0) is 10.0 Å². The van der Waals surface area contributed by atoms with Gasteiger partial charge in [0, 0.05) is 35.3 Å². The molecule has 3 aromatic rings. The summed E-state index contributed by atoms with van der Waals surface area (Å²) in [6.45, 7) is 3.93. The van der Waals surface area contributed by atoms with Crippen LogP contribution in [-0.4, -0.2) is 30.4 Å². The lowest BCUT2D eigenvalue weighted by atomic mass is 9.97. The van der Waals surface area contributed by atoms with Crippen LogP contribution in [0.4, 0.5) is 5.69 Å². The third-order valence-electron chi connectivity index (χ3n) is 4.37. The number of nitrogens with one attached hydrogen (secondary N) is 2. The number of anilines is 1. The molecule has 1 aromatic carbocycles. The van der Waals surface area contributed by atoms with E-state index in [1.165, 1.54) is 0 Å². The van der Waals surface area contributed by atoms with Crippen molar-refractivity contribution in [1.29, 1.82) is 0 Å². The number of pyridine rings is 1. The van der Waals surface area contributed by atoms with Crippen LogP contribution in [0, 0.1) is 6.92 Å². The van der Waals surface area contributed by atoms with Gasteiger partial charge >= 0.3 is 0 Å². The molecule has 7 heteroatoms. The molecular formula is C20H21N3O3S. The summed E-state index contributed by atoms with van der Waals surface area (Å²) in [6.07, 6.45) is 4.30. The maximum absolute atomic E-state index is 12.7. The molecule has 0 radical (unpaired) electrons. The van der Waals surface area contributed by atoms with Crippen LogP contribution < -0.4 is 4.72 Å². The summed E-state index contributed by atoms with van der Waals surface area (Å²) in [5.41, 5.74) is 4.42. The first-order valence-electron chi connectivity index (χ1n) is 8.46. The van der Waals surface area contributed by atoms with E-state index in [1.54, 1.807) is 36.7 Å². The van der Waals surface area contributed by atoms with E-state index in [4.69, 9.17) is 0 Å². The van der Waals surface area contributed by atoms with Crippen LogP contribution in [0.25, 0.3) is 0 Å². The van der Waals surface area contributed by atoms with E-state index >= 15 is 0 Å². The number of sulfonamides is 1. The smallest absolute Gasteiger partial charge is 0.229 e. The highest BCUT2D eigenvalue weighted by atomic mass is 32.2. The molecule has 2 heterocycles. The lowest BCUT2D eigenvalue weighted by Gasteiger charge is -2.12. The summed E-state index contributed by atoms with van der Waals surface area (Å²) in [4.78, 5) is 19.9. The summed E-state index contributed by atoms with van der Waals surface area (Å²) in [5, 5.41) is 0. The fraction of sp³-hybridized carbons (Fsp3) is 0.200. The van der Waals surface area contributed by atoms with Gasteiger partial charge in [-0.15, -0.1) is 0 Å².